The fourth-order valence-electron chi connectivity index (χ4n) is 1.99. The van der Waals surface area contributed by atoms with Gasteiger partial charge in [0.25, 0.3) is 0 Å². The van der Waals surface area contributed by atoms with Crippen molar-refractivity contribution in [1.82, 2.24) is 10.6 Å². The predicted molar refractivity (Wildman–Crippen MR) is 86.3 cm³/mol. The van der Waals surface area contributed by atoms with Gasteiger partial charge in [-0.15, -0.1) is 0 Å². The van der Waals surface area contributed by atoms with Gasteiger partial charge in [-0.2, -0.15) is 0 Å². The number of nitrogens with one attached hydrogen (secondary N) is 2. The minimum atomic E-state index is -0.492. The van der Waals surface area contributed by atoms with Crippen molar-refractivity contribution >= 4 is 6.09 Å². The van der Waals surface area contributed by atoms with E-state index in [1.807, 2.05) is 40.7 Å². The number of hydrogen-bond donors (Lipinski definition) is 2. The Kier molecular flexibility index (Phi) is 6.81. The molecule has 0 saturated carbocycles. The van der Waals surface area contributed by atoms with E-state index >= 15 is 0 Å². The number of carbonyl (C=O) groups is 1. The van der Waals surface area contributed by atoms with Crippen molar-refractivity contribution in [2.24, 2.45) is 0 Å². The van der Waals surface area contributed by atoms with Crippen molar-refractivity contribution in [3.63, 3.8) is 0 Å². The first-order valence-electron chi connectivity index (χ1n) is 7.66. The van der Waals surface area contributed by atoms with Crippen LogP contribution in [0.5, 0.6) is 0 Å². The second-order valence-electron chi connectivity index (χ2n) is 6.57. The highest BCUT2D eigenvalue weighted by Crippen LogP contribution is 2.13. The van der Waals surface area contributed by atoms with Gasteiger partial charge in [-0.25, -0.2) is 9.18 Å². The number of amides is 1. The highest BCUT2D eigenvalue weighted by atomic mass is 19.1. The lowest BCUT2D eigenvalue weighted by Gasteiger charge is -2.22. The van der Waals surface area contributed by atoms with Gasteiger partial charge in [0.15, 0.2) is 0 Å². The third-order valence-corrected chi connectivity index (χ3v) is 3.14. The number of halogens is 1. The molecule has 1 aromatic rings. The minimum Gasteiger partial charge on any atom is -0.444 e. The third-order valence-electron chi connectivity index (χ3n) is 3.14. The van der Waals surface area contributed by atoms with Crippen molar-refractivity contribution in [1.29, 1.82) is 0 Å². The SMILES string of the molecule is CC(CCNC(C)c1cccc(F)c1)NC(=O)OC(C)(C)C. The average molecular weight is 310 g/mol. The van der Waals surface area contributed by atoms with Gasteiger partial charge in [0.05, 0.1) is 0 Å². The molecule has 0 spiro atoms. The fraction of sp³-hybridized carbons (Fsp3) is 0.588. The van der Waals surface area contributed by atoms with Gasteiger partial charge >= 0.3 is 6.09 Å². The molecule has 1 aromatic carbocycles. The number of rotatable bonds is 6. The van der Waals surface area contributed by atoms with Crippen LogP contribution in [0.25, 0.3) is 0 Å². The summed E-state index contributed by atoms with van der Waals surface area (Å²) >= 11 is 0. The van der Waals surface area contributed by atoms with Crippen molar-refractivity contribution < 1.29 is 13.9 Å². The maximum atomic E-state index is 13.2. The summed E-state index contributed by atoms with van der Waals surface area (Å²) in [6.07, 6.45) is 0.358. The summed E-state index contributed by atoms with van der Waals surface area (Å²) in [5, 5.41) is 6.12. The Hall–Kier alpha value is -1.62. The molecule has 1 rings (SSSR count). The molecule has 0 aliphatic rings. The van der Waals surface area contributed by atoms with Gasteiger partial charge in [-0.1, -0.05) is 12.1 Å². The molecular weight excluding hydrogens is 283 g/mol. The van der Waals surface area contributed by atoms with Gasteiger partial charge < -0.3 is 15.4 Å². The van der Waals surface area contributed by atoms with Crippen LogP contribution >= 0.6 is 0 Å². The normalized spacial score (nSPS) is 14.3. The number of alkyl carbamates (subject to hydrolysis) is 1. The van der Waals surface area contributed by atoms with Crippen molar-refractivity contribution in [2.45, 2.75) is 58.7 Å². The topological polar surface area (TPSA) is 50.4 Å². The highest BCUT2D eigenvalue weighted by molar-refractivity contribution is 5.67. The number of ether oxygens (including phenoxy) is 1. The lowest BCUT2D eigenvalue weighted by molar-refractivity contribution is 0.0506. The van der Waals surface area contributed by atoms with Crippen LogP contribution in [0.1, 0.15) is 52.6 Å². The first-order valence-corrected chi connectivity index (χ1v) is 7.66. The van der Waals surface area contributed by atoms with Crippen LogP contribution in [0.3, 0.4) is 0 Å². The summed E-state index contributed by atoms with van der Waals surface area (Å²) in [5.41, 5.74) is 0.418. The van der Waals surface area contributed by atoms with E-state index < -0.39 is 11.7 Å². The van der Waals surface area contributed by atoms with E-state index in [0.29, 0.717) is 6.54 Å². The smallest absolute Gasteiger partial charge is 0.407 e. The fourth-order valence-corrected chi connectivity index (χ4v) is 1.99. The van der Waals surface area contributed by atoms with E-state index in [-0.39, 0.29) is 17.9 Å². The Bertz CT molecular complexity index is 486. The molecule has 0 saturated heterocycles. The zero-order chi connectivity index (χ0) is 16.8. The summed E-state index contributed by atoms with van der Waals surface area (Å²) in [4.78, 5) is 11.6. The van der Waals surface area contributed by atoms with Crippen LogP contribution in [0, 0.1) is 5.82 Å². The molecule has 0 fully saturated rings. The van der Waals surface area contributed by atoms with Crippen LogP contribution in [0.4, 0.5) is 9.18 Å². The predicted octanol–water partition coefficient (Wildman–Crippen LogP) is 3.78. The Morgan fingerprint density at radius 3 is 2.59 bits per heavy atom. The van der Waals surface area contributed by atoms with E-state index in [1.165, 1.54) is 12.1 Å². The summed E-state index contributed by atoms with van der Waals surface area (Å²) < 4.78 is 18.4. The molecule has 5 heteroatoms. The van der Waals surface area contributed by atoms with Gasteiger partial charge in [0, 0.05) is 12.1 Å². The zero-order valence-corrected chi connectivity index (χ0v) is 14.1. The van der Waals surface area contributed by atoms with Gasteiger partial charge in [-0.05, 0) is 65.3 Å². The van der Waals surface area contributed by atoms with E-state index in [2.05, 4.69) is 10.6 Å². The maximum Gasteiger partial charge on any atom is 0.407 e. The summed E-state index contributed by atoms with van der Waals surface area (Å²) in [7, 11) is 0. The van der Waals surface area contributed by atoms with E-state index in [9.17, 15) is 9.18 Å². The number of benzene rings is 1. The Morgan fingerprint density at radius 2 is 2.00 bits per heavy atom. The number of hydrogen-bond acceptors (Lipinski definition) is 3. The largest absolute Gasteiger partial charge is 0.444 e. The minimum absolute atomic E-state index is 0.00191. The van der Waals surface area contributed by atoms with Crippen LogP contribution in [-0.2, 0) is 4.74 Å². The van der Waals surface area contributed by atoms with Crippen LogP contribution in [0.15, 0.2) is 24.3 Å². The van der Waals surface area contributed by atoms with Gasteiger partial charge in [0.2, 0.25) is 0 Å². The third kappa shape index (κ3) is 7.41. The molecule has 1 amide bonds. The molecule has 0 aromatic heterocycles. The van der Waals surface area contributed by atoms with Crippen molar-refractivity contribution in [2.75, 3.05) is 6.54 Å². The average Bonchev–Trinajstić information content (AvgIpc) is 2.36. The summed E-state index contributed by atoms with van der Waals surface area (Å²) in [6.45, 7) is 10.1. The lowest BCUT2D eigenvalue weighted by Crippen LogP contribution is -2.39. The Morgan fingerprint density at radius 1 is 1.32 bits per heavy atom. The van der Waals surface area contributed by atoms with Crippen LogP contribution < -0.4 is 10.6 Å². The standard InChI is InChI=1S/C17H27FN2O2/c1-12(20-16(21)22-17(3,4)5)9-10-19-13(2)14-7-6-8-15(18)11-14/h6-8,11-13,19H,9-10H2,1-5H3,(H,20,21). The van der Waals surface area contributed by atoms with E-state index in [0.717, 1.165) is 12.0 Å². The second kappa shape index (κ2) is 8.13. The van der Waals surface area contributed by atoms with Crippen LogP contribution in [-0.4, -0.2) is 24.3 Å². The first kappa shape index (κ1) is 18.4. The molecule has 0 radical (unpaired) electrons. The molecule has 0 heterocycles. The molecule has 0 aliphatic heterocycles. The molecule has 2 unspecified atom stereocenters. The number of carbonyl (C=O) groups excluding carboxylic acids is 1. The molecular formula is C17H27FN2O2. The lowest BCUT2D eigenvalue weighted by atomic mass is 10.1. The maximum absolute atomic E-state index is 13.2. The molecule has 2 atom stereocenters. The highest BCUT2D eigenvalue weighted by Gasteiger charge is 2.17. The van der Waals surface area contributed by atoms with Crippen molar-refractivity contribution in [3.05, 3.63) is 35.6 Å². The molecule has 124 valence electrons. The Balaban J connectivity index is 2.30. The van der Waals surface area contributed by atoms with Gasteiger partial charge in [-0.3, -0.25) is 0 Å². The summed E-state index contributed by atoms with van der Waals surface area (Å²) in [5.74, 6) is -0.230. The molecule has 0 bridgehead atoms. The van der Waals surface area contributed by atoms with E-state index in [4.69, 9.17) is 4.74 Å². The first-order chi connectivity index (χ1) is 10.2. The second-order valence-corrected chi connectivity index (χ2v) is 6.57. The molecule has 22 heavy (non-hydrogen) atoms. The monoisotopic (exact) mass is 310 g/mol. The molecule has 2 N–H and O–H groups in total. The van der Waals surface area contributed by atoms with Gasteiger partial charge in [0.1, 0.15) is 11.4 Å². The zero-order valence-electron chi connectivity index (χ0n) is 14.1. The molecule has 0 aliphatic carbocycles. The quantitative estimate of drug-likeness (QED) is 0.840. The van der Waals surface area contributed by atoms with E-state index in [1.54, 1.807) is 6.07 Å². The van der Waals surface area contributed by atoms with Crippen LogP contribution in [0.2, 0.25) is 0 Å². The molecule has 4 nitrogen and oxygen atoms in total. The Labute approximate surface area is 132 Å². The van der Waals surface area contributed by atoms with Crippen molar-refractivity contribution in [3.8, 4) is 0 Å². The summed E-state index contributed by atoms with van der Waals surface area (Å²) in [6, 6.07) is 6.62.